The zero-order chi connectivity index (χ0) is 15.4. The van der Waals surface area contributed by atoms with E-state index in [9.17, 15) is 14.0 Å². The first kappa shape index (κ1) is 15.2. The van der Waals surface area contributed by atoms with Gasteiger partial charge in [-0.25, -0.2) is 4.39 Å². The molecule has 1 aromatic rings. The summed E-state index contributed by atoms with van der Waals surface area (Å²) in [6.07, 6.45) is 0. The molecule has 0 radical (unpaired) electrons. The Labute approximate surface area is 122 Å². The largest absolute Gasteiger partial charge is 0.481 e. The summed E-state index contributed by atoms with van der Waals surface area (Å²) in [4.78, 5) is 26.9. The van der Waals surface area contributed by atoms with Crippen molar-refractivity contribution in [1.29, 1.82) is 0 Å². The third-order valence-electron chi connectivity index (χ3n) is 3.42. The molecular formula is C14H18FN3O3. The van der Waals surface area contributed by atoms with E-state index in [0.29, 0.717) is 19.6 Å². The molecule has 1 aromatic carbocycles. The Hall–Kier alpha value is -2.15. The second-order valence-corrected chi connectivity index (χ2v) is 4.99. The van der Waals surface area contributed by atoms with Crippen molar-refractivity contribution in [2.75, 3.05) is 33.3 Å². The van der Waals surface area contributed by atoms with Gasteiger partial charge in [0.15, 0.2) is 18.2 Å². The number of rotatable bonds is 4. The first-order valence-electron chi connectivity index (χ1n) is 6.63. The normalized spacial score (nSPS) is 19.3. The van der Waals surface area contributed by atoms with Gasteiger partial charge in [-0.05, 0) is 19.2 Å². The number of carbonyl (C=O) groups excluding carboxylic acids is 2. The summed E-state index contributed by atoms with van der Waals surface area (Å²) in [5.74, 6) is -1.46. The average molecular weight is 295 g/mol. The molecule has 0 bridgehead atoms. The Kier molecular flexibility index (Phi) is 4.74. The van der Waals surface area contributed by atoms with Gasteiger partial charge in [0.1, 0.15) is 6.04 Å². The second kappa shape index (κ2) is 6.53. The molecule has 1 heterocycles. The molecule has 114 valence electrons. The van der Waals surface area contributed by atoms with Crippen molar-refractivity contribution in [2.45, 2.75) is 6.04 Å². The smallest absolute Gasteiger partial charge is 0.261 e. The number of nitrogens with two attached hydrogens (primary N) is 1. The molecule has 1 atom stereocenters. The number of piperazine rings is 1. The summed E-state index contributed by atoms with van der Waals surface area (Å²) in [5.41, 5.74) is 5.33. The molecular weight excluding hydrogens is 277 g/mol. The van der Waals surface area contributed by atoms with E-state index >= 15 is 0 Å². The molecule has 1 aliphatic rings. The van der Waals surface area contributed by atoms with Gasteiger partial charge in [0.25, 0.3) is 5.91 Å². The average Bonchev–Trinajstić information content (AvgIpc) is 2.46. The summed E-state index contributed by atoms with van der Waals surface area (Å²) >= 11 is 0. The SMILES string of the molecule is CN1CCN(C(=O)COc2ccccc2F)[C@H](C(N)=O)C1. The Morgan fingerprint density at radius 3 is 2.76 bits per heavy atom. The molecule has 0 aliphatic carbocycles. The van der Waals surface area contributed by atoms with Gasteiger partial charge in [0, 0.05) is 19.6 Å². The number of primary amides is 1. The minimum Gasteiger partial charge on any atom is -0.481 e. The van der Waals surface area contributed by atoms with Crippen LogP contribution in [0.5, 0.6) is 5.75 Å². The Morgan fingerprint density at radius 2 is 2.10 bits per heavy atom. The van der Waals surface area contributed by atoms with Gasteiger partial charge < -0.3 is 20.3 Å². The summed E-state index contributed by atoms with van der Waals surface area (Å²) in [6.45, 7) is 1.11. The van der Waals surface area contributed by atoms with Gasteiger partial charge in [-0.3, -0.25) is 9.59 Å². The van der Waals surface area contributed by atoms with Crippen molar-refractivity contribution in [3.8, 4) is 5.75 Å². The molecule has 2 amide bonds. The number of carbonyl (C=O) groups is 2. The van der Waals surface area contributed by atoms with Gasteiger partial charge in [0.05, 0.1) is 0 Å². The molecule has 7 heteroatoms. The van der Waals surface area contributed by atoms with E-state index < -0.39 is 17.8 Å². The maximum Gasteiger partial charge on any atom is 0.261 e. The molecule has 2 N–H and O–H groups in total. The topological polar surface area (TPSA) is 75.9 Å². The van der Waals surface area contributed by atoms with Gasteiger partial charge in [0.2, 0.25) is 5.91 Å². The second-order valence-electron chi connectivity index (χ2n) is 4.99. The first-order chi connectivity index (χ1) is 9.99. The molecule has 21 heavy (non-hydrogen) atoms. The number of likely N-dealkylation sites (N-methyl/N-ethyl adjacent to an activating group) is 1. The maximum absolute atomic E-state index is 13.4. The highest BCUT2D eigenvalue weighted by molar-refractivity contribution is 5.87. The van der Waals surface area contributed by atoms with Crippen LogP contribution in [0.25, 0.3) is 0 Å². The fourth-order valence-corrected chi connectivity index (χ4v) is 2.25. The lowest BCUT2D eigenvalue weighted by atomic mass is 10.1. The summed E-state index contributed by atoms with van der Waals surface area (Å²) in [6, 6.07) is 5.17. The highest BCUT2D eigenvalue weighted by atomic mass is 19.1. The molecule has 0 spiro atoms. The van der Waals surface area contributed by atoms with Crippen molar-refractivity contribution in [3.63, 3.8) is 0 Å². The van der Waals surface area contributed by atoms with Crippen LogP contribution in [0.15, 0.2) is 24.3 Å². The van der Waals surface area contributed by atoms with Crippen LogP contribution in [0.1, 0.15) is 0 Å². The third-order valence-corrected chi connectivity index (χ3v) is 3.42. The van der Waals surface area contributed by atoms with Crippen molar-refractivity contribution < 1.29 is 18.7 Å². The standard InChI is InChI=1S/C14H18FN3O3/c1-17-6-7-18(11(8-17)14(16)20)13(19)9-21-12-5-3-2-4-10(12)15/h2-5,11H,6-9H2,1H3,(H2,16,20)/t11-/m0/s1. The summed E-state index contributed by atoms with van der Waals surface area (Å²) in [7, 11) is 1.85. The van der Waals surface area contributed by atoms with E-state index in [-0.39, 0.29) is 18.3 Å². The zero-order valence-corrected chi connectivity index (χ0v) is 11.8. The van der Waals surface area contributed by atoms with Crippen LogP contribution >= 0.6 is 0 Å². The fourth-order valence-electron chi connectivity index (χ4n) is 2.25. The highest BCUT2D eigenvalue weighted by Gasteiger charge is 2.32. The number of halogens is 1. The summed E-state index contributed by atoms with van der Waals surface area (Å²) < 4.78 is 18.6. The van der Waals surface area contributed by atoms with E-state index in [4.69, 9.17) is 10.5 Å². The van der Waals surface area contributed by atoms with Crippen LogP contribution in [0.3, 0.4) is 0 Å². The minimum absolute atomic E-state index is 0.00982. The van der Waals surface area contributed by atoms with E-state index in [1.54, 1.807) is 6.07 Å². The Morgan fingerprint density at radius 1 is 1.38 bits per heavy atom. The minimum atomic E-state index is -0.680. The van der Waals surface area contributed by atoms with E-state index in [1.807, 2.05) is 11.9 Å². The number of hydrogen-bond donors (Lipinski definition) is 1. The van der Waals surface area contributed by atoms with Crippen molar-refractivity contribution in [3.05, 3.63) is 30.1 Å². The molecule has 1 saturated heterocycles. The van der Waals surface area contributed by atoms with Crippen molar-refractivity contribution in [2.24, 2.45) is 5.73 Å². The van der Waals surface area contributed by atoms with Crippen molar-refractivity contribution in [1.82, 2.24) is 9.80 Å². The van der Waals surface area contributed by atoms with E-state index in [2.05, 4.69) is 0 Å². The summed E-state index contributed by atoms with van der Waals surface area (Å²) in [5, 5.41) is 0. The van der Waals surface area contributed by atoms with Gasteiger partial charge in [-0.2, -0.15) is 0 Å². The Bertz CT molecular complexity index is 538. The zero-order valence-electron chi connectivity index (χ0n) is 11.8. The molecule has 1 aliphatic heterocycles. The van der Waals surface area contributed by atoms with Gasteiger partial charge >= 0.3 is 0 Å². The first-order valence-corrected chi connectivity index (χ1v) is 6.63. The molecule has 1 fully saturated rings. The number of nitrogens with zero attached hydrogens (tertiary/aromatic N) is 2. The van der Waals surface area contributed by atoms with Gasteiger partial charge in [-0.15, -0.1) is 0 Å². The monoisotopic (exact) mass is 295 g/mol. The lowest BCUT2D eigenvalue weighted by Gasteiger charge is -2.38. The number of benzene rings is 1. The molecule has 0 unspecified atom stereocenters. The maximum atomic E-state index is 13.4. The van der Waals surface area contributed by atoms with E-state index in [1.165, 1.54) is 23.1 Å². The highest BCUT2D eigenvalue weighted by Crippen LogP contribution is 2.16. The van der Waals surface area contributed by atoms with E-state index in [0.717, 1.165) is 0 Å². The van der Waals surface area contributed by atoms with Crippen molar-refractivity contribution >= 4 is 11.8 Å². The quantitative estimate of drug-likeness (QED) is 0.837. The lowest BCUT2D eigenvalue weighted by molar-refractivity contribution is -0.144. The van der Waals surface area contributed by atoms with Crippen LogP contribution in [-0.4, -0.2) is 60.9 Å². The van der Waals surface area contributed by atoms with Crippen LogP contribution in [0, 0.1) is 5.82 Å². The number of ether oxygens (including phenoxy) is 1. The number of para-hydroxylation sites is 1. The van der Waals surface area contributed by atoms with Gasteiger partial charge in [-0.1, -0.05) is 12.1 Å². The number of hydrogen-bond acceptors (Lipinski definition) is 4. The lowest BCUT2D eigenvalue weighted by Crippen LogP contribution is -2.59. The third kappa shape index (κ3) is 3.69. The van der Waals surface area contributed by atoms with Crippen LogP contribution < -0.4 is 10.5 Å². The number of amides is 2. The molecule has 6 nitrogen and oxygen atoms in total. The van der Waals surface area contributed by atoms with Crippen LogP contribution in [0.4, 0.5) is 4.39 Å². The molecule has 0 saturated carbocycles. The molecule has 2 rings (SSSR count). The predicted octanol–water partition coefficient (Wildman–Crippen LogP) is -0.168. The molecule has 0 aromatic heterocycles. The Balaban J connectivity index is 1.99. The predicted molar refractivity (Wildman–Crippen MR) is 74.1 cm³/mol. The fraction of sp³-hybridized carbons (Fsp3) is 0.429. The van der Waals surface area contributed by atoms with Crippen LogP contribution in [0.2, 0.25) is 0 Å². The van der Waals surface area contributed by atoms with Crippen LogP contribution in [-0.2, 0) is 9.59 Å².